The molecule has 5 aromatic carbocycles. The third-order valence-electron chi connectivity index (χ3n) is 8.71. The lowest BCUT2D eigenvalue weighted by molar-refractivity contribution is 0.474. The number of aryl methyl sites for hydroxylation is 2. The minimum atomic E-state index is 0.281. The Kier molecular flexibility index (Phi) is 6.53. The number of benzene rings is 5. The predicted molar refractivity (Wildman–Crippen MR) is 179 cm³/mol. The summed E-state index contributed by atoms with van der Waals surface area (Å²) in [5.41, 5.74) is 12.6. The highest BCUT2D eigenvalue weighted by molar-refractivity contribution is 5.97. The molecule has 8 rings (SSSR count). The molecule has 7 aromatic rings. The number of para-hydroxylation sites is 2. The fourth-order valence-electron chi connectivity index (χ4n) is 6.56. The lowest BCUT2D eigenvalue weighted by Crippen LogP contribution is -2.04. The van der Waals surface area contributed by atoms with Crippen LogP contribution in [0.1, 0.15) is 24.0 Å². The maximum atomic E-state index is 11.4. The molecule has 1 aliphatic carbocycles. The number of hydrogen-bond donors (Lipinski definition) is 1. The summed E-state index contributed by atoms with van der Waals surface area (Å²) in [6.07, 6.45) is 6.22. The monoisotopic (exact) mass is 569 g/mol. The molecule has 0 spiro atoms. The first-order chi connectivity index (χ1) is 21.7. The van der Waals surface area contributed by atoms with E-state index in [2.05, 4.69) is 94.5 Å². The molecule has 4 nitrogen and oxygen atoms in total. The summed E-state index contributed by atoms with van der Waals surface area (Å²) in [5.74, 6) is 1.02. The van der Waals surface area contributed by atoms with Crippen LogP contribution < -0.4 is 0 Å². The van der Waals surface area contributed by atoms with E-state index >= 15 is 0 Å². The van der Waals surface area contributed by atoms with Crippen molar-refractivity contribution in [2.45, 2.75) is 25.7 Å². The number of rotatable bonds is 5. The summed E-state index contributed by atoms with van der Waals surface area (Å²) in [4.78, 5) is 10.0. The number of phenolic OH excluding ortho intramolecular Hbond substituents is 1. The second kappa shape index (κ2) is 11.0. The van der Waals surface area contributed by atoms with E-state index in [0.29, 0.717) is 0 Å². The van der Waals surface area contributed by atoms with Crippen molar-refractivity contribution >= 4 is 11.0 Å². The number of pyridine rings is 1. The smallest absolute Gasteiger partial charge is 0.149 e. The lowest BCUT2D eigenvalue weighted by atomic mass is 9.90. The highest BCUT2D eigenvalue weighted by Crippen LogP contribution is 2.41. The summed E-state index contributed by atoms with van der Waals surface area (Å²) in [7, 11) is 0. The van der Waals surface area contributed by atoms with E-state index in [-0.39, 0.29) is 5.75 Å². The topological polar surface area (TPSA) is 50.9 Å². The minimum Gasteiger partial charge on any atom is -0.507 e. The van der Waals surface area contributed by atoms with Gasteiger partial charge in [-0.1, -0.05) is 66.7 Å². The maximum Gasteiger partial charge on any atom is 0.149 e. The Bertz CT molecular complexity index is 2060. The third kappa shape index (κ3) is 4.65. The van der Waals surface area contributed by atoms with Crippen molar-refractivity contribution in [1.82, 2.24) is 14.5 Å². The molecule has 0 saturated heterocycles. The molecule has 4 heteroatoms. The highest BCUT2D eigenvalue weighted by atomic mass is 16.3. The molecule has 0 aliphatic heterocycles. The van der Waals surface area contributed by atoms with E-state index in [1.165, 1.54) is 24.0 Å². The van der Waals surface area contributed by atoms with Crippen LogP contribution in [-0.2, 0) is 12.8 Å². The summed E-state index contributed by atoms with van der Waals surface area (Å²) in [6.45, 7) is 0. The van der Waals surface area contributed by atoms with Crippen molar-refractivity contribution in [3.63, 3.8) is 0 Å². The zero-order valence-electron chi connectivity index (χ0n) is 24.3. The van der Waals surface area contributed by atoms with Gasteiger partial charge in [-0.05, 0) is 114 Å². The van der Waals surface area contributed by atoms with E-state index in [1.54, 1.807) is 0 Å². The Morgan fingerprint density at radius 2 is 1.27 bits per heavy atom. The number of aromatic hydroxyl groups is 1. The van der Waals surface area contributed by atoms with Gasteiger partial charge in [-0.3, -0.25) is 9.55 Å². The summed E-state index contributed by atoms with van der Waals surface area (Å²) in [5, 5.41) is 11.4. The van der Waals surface area contributed by atoms with E-state index in [1.807, 2.05) is 48.7 Å². The fraction of sp³-hybridized carbons (Fsp3) is 0.100. The van der Waals surface area contributed by atoms with Crippen LogP contribution in [0.2, 0.25) is 0 Å². The van der Waals surface area contributed by atoms with Gasteiger partial charge < -0.3 is 5.11 Å². The van der Waals surface area contributed by atoms with E-state index in [9.17, 15) is 5.11 Å². The van der Waals surface area contributed by atoms with Gasteiger partial charge in [-0.15, -0.1) is 0 Å². The van der Waals surface area contributed by atoms with Crippen LogP contribution in [-0.4, -0.2) is 19.6 Å². The molecule has 2 heterocycles. The van der Waals surface area contributed by atoms with Crippen LogP contribution >= 0.6 is 0 Å². The van der Waals surface area contributed by atoms with Gasteiger partial charge in [0.1, 0.15) is 11.6 Å². The van der Waals surface area contributed by atoms with E-state index < -0.39 is 0 Å². The first-order valence-corrected chi connectivity index (χ1v) is 15.3. The van der Waals surface area contributed by atoms with Gasteiger partial charge in [-0.25, -0.2) is 4.98 Å². The van der Waals surface area contributed by atoms with Crippen molar-refractivity contribution in [2.75, 3.05) is 0 Å². The molecule has 0 saturated carbocycles. The number of hydrogen-bond acceptors (Lipinski definition) is 3. The lowest BCUT2D eigenvalue weighted by Gasteiger charge is -2.18. The molecule has 0 radical (unpaired) electrons. The van der Waals surface area contributed by atoms with E-state index in [0.717, 1.165) is 74.5 Å². The minimum absolute atomic E-state index is 0.281. The van der Waals surface area contributed by atoms with Crippen LogP contribution in [0.4, 0.5) is 0 Å². The average molecular weight is 570 g/mol. The van der Waals surface area contributed by atoms with Crippen molar-refractivity contribution in [3.05, 3.63) is 145 Å². The Labute approximate surface area is 257 Å². The van der Waals surface area contributed by atoms with Gasteiger partial charge in [-0.2, -0.15) is 0 Å². The van der Waals surface area contributed by atoms with Crippen LogP contribution in [0.25, 0.3) is 61.6 Å². The molecule has 1 N–H and O–H groups in total. The van der Waals surface area contributed by atoms with Gasteiger partial charge >= 0.3 is 0 Å². The normalized spacial score (nSPS) is 12.7. The molecule has 2 aromatic heterocycles. The number of phenols is 1. The van der Waals surface area contributed by atoms with Gasteiger partial charge in [0.2, 0.25) is 0 Å². The van der Waals surface area contributed by atoms with Gasteiger partial charge in [0.05, 0.1) is 22.3 Å². The highest BCUT2D eigenvalue weighted by Gasteiger charge is 2.22. The summed E-state index contributed by atoms with van der Waals surface area (Å²) in [6, 6.07) is 44.0. The molecular weight excluding hydrogens is 538 g/mol. The third-order valence-corrected chi connectivity index (χ3v) is 8.71. The van der Waals surface area contributed by atoms with Crippen molar-refractivity contribution < 1.29 is 5.11 Å². The molecule has 212 valence electrons. The fourth-order valence-corrected chi connectivity index (χ4v) is 6.56. The molecule has 1 aliphatic rings. The largest absolute Gasteiger partial charge is 0.507 e. The first-order valence-electron chi connectivity index (χ1n) is 15.3. The van der Waals surface area contributed by atoms with Crippen molar-refractivity contribution in [3.8, 4) is 56.3 Å². The molecule has 44 heavy (non-hydrogen) atoms. The molecule has 0 atom stereocenters. The molecule has 0 unspecified atom stereocenters. The van der Waals surface area contributed by atoms with Gasteiger partial charge in [0.15, 0.2) is 0 Å². The molecule has 0 amide bonds. The van der Waals surface area contributed by atoms with Crippen LogP contribution in [0.3, 0.4) is 0 Å². The summed E-state index contributed by atoms with van der Waals surface area (Å²) >= 11 is 0. The second-order valence-electron chi connectivity index (χ2n) is 11.5. The van der Waals surface area contributed by atoms with Gasteiger partial charge in [0.25, 0.3) is 0 Å². The Morgan fingerprint density at radius 3 is 2.05 bits per heavy atom. The van der Waals surface area contributed by atoms with Crippen LogP contribution in [0, 0.1) is 0 Å². The zero-order valence-corrected chi connectivity index (χ0v) is 24.3. The summed E-state index contributed by atoms with van der Waals surface area (Å²) < 4.78 is 2.18. The quantitative estimate of drug-likeness (QED) is 0.224. The molecule has 0 fully saturated rings. The molecular formula is C40H31N3O. The Hall–Kier alpha value is -5.48. The standard InChI is InChI=1S/C40H31N3O/c44-38-26-29-15-8-7-14-28(29)25-35(38)40-42-39-34(18-11-20-37(39)43(40)33-16-5-2-6-17-33)31-22-30(27-12-3-1-4-13-27)23-32(24-31)36-19-9-10-21-41-36/h1-6,9-13,16-26,44H,7-8,14-15H2. The van der Waals surface area contributed by atoms with Crippen LogP contribution in [0.15, 0.2) is 134 Å². The Morgan fingerprint density at radius 1 is 0.568 bits per heavy atom. The number of fused-ring (bicyclic) bond motifs is 2. The number of nitrogens with zero attached hydrogens (tertiary/aromatic N) is 3. The molecule has 0 bridgehead atoms. The number of imidazole rings is 1. The average Bonchev–Trinajstić information content (AvgIpc) is 3.48. The second-order valence-corrected chi connectivity index (χ2v) is 11.5. The predicted octanol–water partition coefficient (Wildman–Crippen LogP) is 9.67. The van der Waals surface area contributed by atoms with E-state index in [4.69, 9.17) is 4.98 Å². The van der Waals surface area contributed by atoms with Gasteiger partial charge in [0, 0.05) is 23.0 Å². The van der Waals surface area contributed by atoms with Crippen LogP contribution in [0.5, 0.6) is 5.75 Å². The van der Waals surface area contributed by atoms with Crippen molar-refractivity contribution in [2.24, 2.45) is 0 Å². The number of aromatic nitrogens is 3. The Balaban J connectivity index is 1.39. The first kappa shape index (κ1) is 26.2. The van der Waals surface area contributed by atoms with Crippen molar-refractivity contribution in [1.29, 1.82) is 0 Å². The zero-order chi connectivity index (χ0) is 29.5. The SMILES string of the molecule is Oc1cc2c(cc1-c1nc3c(-c4cc(-c5ccccc5)cc(-c5ccccn5)c4)cccc3n1-c1ccccc1)CCCC2. The maximum absolute atomic E-state index is 11.4.